The van der Waals surface area contributed by atoms with Crippen LogP contribution in [0.2, 0.25) is 0 Å². The molecular formula is C9H10BrN5. The Morgan fingerprint density at radius 2 is 2.13 bits per heavy atom. The highest BCUT2D eigenvalue weighted by molar-refractivity contribution is 9.10. The van der Waals surface area contributed by atoms with Gasteiger partial charge < -0.3 is 5.73 Å². The Labute approximate surface area is 95.5 Å². The van der Waals surface area contributed by atoms with Gasteiger partial charge in [-0.3, -0.25) is 0 Å². The SMILES string of the molecule is Cc1nn(-c2ncncc2N)c(C)c1Br. The van der Waals surface area contributed by atoms with E-state index >= 15 is 0 Å². The van der Waals surface area contributed by atoms with E-state index in [4.69, 9.17) is 5.73 Å². The lowest BCUT2D eigenvalue weighted by molar-refractivity contribution is 0.803. The molecule has 2 aromatic rings. The van der Waals surface area contributed by atoms with Gasteiger partial charge in [0.1, 0.15) is 6.33 Å². The Kier molecular flexibility index (Phi) is 2.44. The van der Waals surface area contributed by atoms with Crippen LogP contribution >= 0.6 is 15.9 Å². The summed E-state index contributed by atoms with van der Waals surface area (Å²) in [6.07, 6.45) is 3.02. The first-order chi connectivity index (χ1) is 7.11. The van der Waals surface area contributed by atoms with Crippen molar-refractivity contribution in [2.75, 3.05) is 5.73 Å². The van der Waals surface area contributed by atoms with Crippen molar-refractivity contribution in [1.29, 1.82) is 0 Å². The van der Waals surface area contributed by atoms with E-state index in [9.17, 15) is 0 Å². The summed E-state index contributed by atoms with van der Waals surface area (Å²) in [5.74, 6) is 0.608. The molecule has 2 heterocycles. The third-order valence-corrected chi connectivity index (χ3v) is 3.27. The molecule has 0 saturated heterocycles. The van der Waals surface area contributed by atoms with Crippen molar-refractivity contribution in [3.63, 3.8) is 0 Å². The standard InChI is InChI=1S/C9H10BrN5/c1-5-8(10)6(2)15(14-5)9-7(11)3-12-4-13-9/h3-4H,11H2,1-2H3. The van der Waals surface area contributed by atoms with Gasteiger partial charge in [-0.2, -0.15) is 5.10 Å². The smallest absolute Gasteiger partial charge is 0.179 e. The van der Waals surface area contributed by atoms with Gasteiger partial charge in [-0.15, -0.1) is 0 Å². The summed E-state index contributed by atoms with van der Waals surface area (Å²) >= 11 is 3.45. The molecule has 0 atom stereocenters. The molecule has 2 aromatic heterocycles. The zero-order valence-electron chi connectivity index (χ0n) is 8.40. The number of hydrogen-bond donors (Lipinski definition) is 1. The molecule has 0 saturated carbocycles. The maximum Gasteiger partial charge on any atom is 0.179 e. The van der Waals surface area contributed by atoms with Crippen molar-refractivity contribution in [2.45, 2.75) is 13.8 Å². The number of anilines is 1. The predicted octanol–water partition coefficient (Wildman–Crippen LogP) is 1.62. The van der Waals surface area contributed by atoms with Gasteiger partial charge in [0, 0.05) is 0 Å². The molecular weight excluding hydrogens is 258 g/mol. The van der Waals surface area contributed by atoms with Crippen LogP contribution in [0.15, 0.2) is 17.0 Å². The number of aryl methyl sites for hydroxylation is 1. The van der Waals surface area contributed by atoms with Crippen molar-refractivity contribution in [3.05, 3.63) is 28.4 Å². The van der Waals surface area contributed by atoms with Gasteiger partial charge in [-0.1, -0.05) is 0 Å². The van der Waals surface area contributed by atoms with Crippen molar-refractivity contribution >= 4 is 21.6 Å². The third kappa shape index (κ3) is 1.61. The van der Waals surface area contributed by atoms with E-state index in [-0.39, 0.29) is 0 Å². The van der Waals surface area contributed by atoms with Crippen molar-refractivity contribution in [1.82, 2.24) is 19.7 Å². The minimum Gasteiger partial charge on any atom is -0.394 e. The second-order valence-electron chi connectivity index (χ2n) is 3.20. The summed E-state index contributed by atoms with van der Waals surface area (Å²) in [5, 5.41) is 4.34. The Morgan fingerprint density at radius 3 is 2.67 bits per heavy atom. The van der Waals surface area contributed by atoms with Crippen LogP contribution in [0.25, 0.3) is 5.82 Å². The predicted molar refractivity (Wildman–Crippen MR) is 60.7 cm³/mol. The van der Waals surface area contributed by atoms with E-state index < -0.39 is 0 Å². The second-order valence-corrected chi connectivity index (χ2v) is 3.99. The van der Waals surface area contributed by atoms with Gasteiger partial charge in [-0.05, 0) is 29.8 Å². The fourth-order valence-electron chi connectivity index (χ4n) is 1.34. The van der Waals surface area contributed by atoms with Crippen LogP contribution in [0.4, 0.5) is 5.69 Å². The van der Waals surface area contributed by atoms with E-state index in [2.05, 4.69) is 31.0 Å². The molecule has 5 nitrogen and oxygen atoms in total. The normalized spacial score (nSPS) is 10.6. The van der Waals surface area contributed by atoms with Gasteiger partial charge in [0.15, 0.2) is 5.82 Å². The summed E-state index contributed by atoms with van der Waals surface area (Å²) in [5.41, 5.74) is 8.17. The third-order valence-electron chi connectivity index (χ3n) is 2.12. The Hall–Kier alpha value is -1.43. The van der Waals surface area contributed by atoms with Gasteiger partial charge >= 0.3 is 0 Å². The average molecular weight is 268 g/mol. The molecule has 2 N–H and O–H groups in total. The van der Waals surface area contributed by atoms with E-state index in [0.717, 1.165) is 15.9 Å². The average Bonchev–Trinajstić information content (AvgIpc) is 2.47. The van der Waals surface area contributed by atoms with E-state index in [1.165, 1.54) is 6.33 Å². The van der Waals surface area contributed by atoms with E-state index in [1.54, 1.807) is 10.9 Å². The number of hydrogen-bond acceptors (Lipinski definition) is 4. The fraction of sp³-hybridized carbons (Fsp3) is 0.222. The number of rotatable bonds is 1. The Bertz CT molecular complexity index is 505. The molecule has 0 aliphatic heterocycles. The second kappa shape index (κ2) is 3.62. The topological polar surface area (TPSA) is 69.6 Å². The van der Waals surface area contributed by atoms with Crippen molar-refractivity contribution in [3.8, 4) is 5.82 Å². The first-order valence-corrected chi connectivity index (χ1v) is 5.18. The monoisotopic (exact) mass is 267 g/mol. The molecule has 0 aliphatic carbocycles. The first kappa shape index (κ1) is 10.1. The van der Waals surface area contributed by atoms with Gasteiger partial charge in [0.05, 0.1) is 27.7 Å². The molecule has 0 aromatic carbocycles. The van der Waals surface area contributed by atoms with Crippen LogP contribution < -0.4 is 5.73 Å². The molecule has 0 fully saturated rings. The fourth-order valence-corrected chi connectivity index (χ4v) is 1.59. The molecule has 0 radical (unpaired) electrons. The Balaban J connectivity index is 2.65. The highest BCUT2D eigenvalue weighted by Gasteiger charge is 2.12. The molecule has 0 aliphatic rings. The number of nitrogens with two attached hydrogens (primary N) is 1. The quantitative estimate of drug-likeness (QED) is 0.853. The molecule has 0 unspecified atom stereocenters. The van der Waals surface area contributed by atoms with Gasteiger partial charge in [0.2, 0.25) is 0 Å². The molecule has 78 valence electrons. The largest absolute Gasteiger partial charge is 0.394 e. The molecule has 0 spiro atoms. The van der Waals surface area contributed by atoms with Crippen LogP contribution in [0, 0.1) is 13.8 Å². The lowest BCUT2D eigenvalue weighted by Crippen LogP contribution is -2.06. The lowest BCUT2D eigenvalue weighted by Gasteiger charge is -2.04. The minimum absolute atomic E-state index is 0.510. The van der Waals surface area contributed by atoms with Crippen LogP contribution in [0.3, 0.4) is 0 Å². The highest BCUT2D eigenvalue weighted by atomic mass is 79.9. The Morgan fingerprint density at radius 1 is 1.40 bits per heavy atom. The first-order valence-electron chi connectivity index (χ1n) is 4.39. The lowest BCUT2D eigenvalue weighted by atomic mass is 10.4. The summed E-state index contributed by atoms with van der Waals surface area (Å²) in [6, 6.07) is 0. The summed E-state index contributed by atoms with van der Waals surface area (Å²) < 4.78 is 2.68. The summed E-state index contributed by atoms with van der Waals surface area (Å²) in [6.45, 7) is 3.87. The molecule has 15 heavy (non-hydrogen) atoms. The maximum atomic E-state index is 5.78. The highest BCUT2D eigenvalue weighted by Crippen LogP contribution is 2.23. The van der Waals surface area contributed by atoms with Crippen LogP contribution in [-0.2, 0) is 0 Å². The number of halogens is 1. The molecule has 6 heteroatoms. The number of nitrogens with zero attached hydrogens (tertiary/aromatic N) is 4. The molecule has 2 rings (SSSR count). The number of nitrogen functional groups attached to an aromatic ring is 1. The summed E-state index contributed by atoms with van der Waals surface area (Å²) in [4.78, 5) is 7.95. The van der Waals surface area contributed by atoms with Crippen molar-refractivity contribution in [2.24, 2.45) is 0 Å². The van der Waals surface area contributed by atoms with E-state index in [0.29, 0.717) is 11.5 Å². The zero-order valence-corrected chi connectivity index (χ0v) is 9.98. The van der Waals surface area contributed by atoms with Crippen molar-refractivity contribution < 1.29 is 0 Å². The van der Waals surface area contributed by atoms with Crippen LogP contribution in [-0.4, -0.2) is 19.7 Å². The number of aromatic nitrogens is 4. The minimum atomic E-state index is 0.510. The molecule has 0 bridgehead atoms. The van der Waals surface area contributed by atoms with Gasteiger partial charge in [-0.25, -0.2) is 14.6 Å². The van der Waals surface area contributed by atoms with Crippen LogP contribution in [0.1, 0.15) is 11.4 Å². The zero-order chi connectivity index (χ0) is 11.0. The maximum absolute atomic E-state index is 5.78. The molecule has 0 amide bonds. The van der Waals surface area contributed by atoms with E-state index in [1.807, 2.05) is 13.8 Å². The van der Waals surface area contributed by atoms with Gasteiger partial charge in [0.25, 0.3) is 0 Å². The van der Waals surface area contributed by atoms with Crippen LogP contribution in [0.5, 0.6) is 0 Å². The summed E-state index contributed by atoms with van der Waals surface area (Å²) in [7, 11) is 0.